The van der Waals surface area contributed by atoms with E-state index >= 15 is 0 Å². The fourth-order valence-electron chi connectivity index (χ4n) is 0.943. The van der Waals surface area contributed by atoms with Crippen molar-refractivity contribution >= 4 is 51.6 Å². The van der Waals surface area contributed by atoms with Gasteiger partial charge in [-0.25, -0.2) is 0 Å². The third kappa shape index (κ3) is 2.58. The Morgan fingerprint density at radius 1 is 1.54 bits per heavy atom. The molecule has 0 aliphatic rings. The zero-order valence-electron chi connectivity index (χ0n) is 6.90. The van der Waals surface area contributed by atoms with Crippen LogP contribution < -0.4 is 0 Å². The number of benzene rings is 1. The Bertz CT molecular complexity index is 350. The van der Waals surface area contributed by atoms with Crippen molar-refractivity contribution in [2.24, 2.45) is 0 Å². The molecule has 0 heterocycles. The van der Waals surface area contributed by atoms with Gasteiger partial charge in [-0.05, 0) is 47.2 Å². The molecule has 0 aromatic heterocycles. The zero-order valence-corrected chi connectivity index (χ0v) is 10.6. The first-order valence-electron chi connectivity index (χ1n) is 3.61. The van der Waals surface area contributed by atoms with Gasteiger partial charge in [-0.2, -0.15) is 0 Å². The van der Waals surface area contributed by atoms with Crippen molar-refractivity contribution in [1.29, 1.82) is 0 Å². The molecule has 0 N–H and O–H groups in total. The van der Waals surface area contributed by atoms with E-state index in [0.29, 0.717) is 10.6 Å². The molecule has 0 bridgehead atoms. The Labute approximate surface area is 101 Å². The molecule has 13 heavy (non-hydrogen) atoms. The Morgan fingerprint density at radius 2 is 2.15 bits per heavy atom. The summed E-state index contributed by atoms with van der Waals surface area (Å²) in [5.74, 6) is -0.0531. The van der Waals surface area contributed by atoms with Crippen molar-refractivity contribution in [1.82, 2.24) is 0 Å². The van der Waals surface area contributed by atoms with E-state index < -0.39 is 0 Å². The molecule has 0 spiro atoms. The summed E-state index contributed by atoms with van der Waals surface area (Å²) in [6, 6.07) is 3.55. The van der Waals surface area contributed by atoms with E-state index in [9.17, 15) is 4.79 Å². The lowest BCUT2D eigenvalue weighted by Crippen LogP contribution is -2.03. The van der Waals surface area contributed by atoms with E-state index in [1.165, 1.54) is 0 Å². The van der Waals surface area contributed by atoms with Crippen LogP contribution in [-0.4, -0.2) is 11.7 Å². The average molecular weight is 329 g/mol. The van der Waals surface area contributed by atoms with E-state index in [0.717, 1.165) is 9.13 Å². The molecule has 0 radical (unpaired) electrons. The Morgan fingerprint density at radius 3 is 2.69 bits per heavy atom. The van der Waals surface area contributed by atoms with Crippen molar-refractivity contribution in [2.45, 2.75) is 6.92 Å². The van der Waals surface area contributed by atoms with Gasteiger partial charge in [-0.1, -0.05) is 11.6 Å². The van der Waals surface area contributed by atoms with Crippen LogP contribution in [0.3, 0.4) is 0 Å². The van der Waals surface area contributed by atoms with Crippen molar-refractivity contribution in [2.75, 3.05) is 5.88 Å². The second kappa shape index (κ2) is 4.62. The van der Waals surface area contributed by atoms with Gasteiger partial charge in [0.25, 0.3) is 0 Å². The van der Waals surface area contributed by atoms with Crippen LogP contribution in [-0.2, 0) is 0 Å². The lowest BCUT2D eigenvalue weighted by atomic mass is 10.1. The summed E-state index contributed by atoms with van der Waals surface area (Å²) in [5.41, 5.74) is 1.55. The molecule has 0 fully saturated rings. The van der Waals surface area contributed by atoms with Crippen molar-refractivity contribution in [3.8, 4) is 0 Å². The van der Waals surface area contributed by atoms with Crippen molar-refractivity contribution in [3.63, 3.8) is 0 Å². The van der Waals surface area contributed by atoms with Gasteiger partial charge < -0.3 is 0 Å². The fourth-order valence-corrected chi connectivity index (χ4v) is 2.20. The molecule has 70 valence electrons. The highest BCUT2D eigenvalue weighted by Gasteiger charge is 2.10. The number of carbonyl (C=O) groups is 1. The highest BCUT2D eigenvalue weighted by molar-refractivity contribution is 14.1. The van der Waals surface area contributed by atoms with Crippen LogP contribution >= 0.6 is 45.8 Å². The molecule has 0 saturated carbocycles. The molecular formula is C9H7Cl2IO. The van der Waals surface area contributed by atoms with Gasteiger partial charge in [-0.3, -0.25) is 4.79 Å². The molecule has 0 saturated heterocycles. The van der Waals surface area contributed by atoms with E-state index in [2.05, 4.69) is 22.6 Å². The molecule has 0 aliphatic carbocycles. The molecular weight excluding hydrogens is 322 g/mol. The topological polar surface area (TPSA) is 17.1 Å². The summed E-state index contributed by atoms with van der Waals surface area (Å²) >= 11 is 13.4. The van der Waals surface area contributed by atoms with Gasteiger partial charge in [0.05, 0.1) is 5.88 Å². The first kappa shape index (κ1) is 11.3. The maximum atomic E-state index is 11.3. The molecule has 0 aliphatic heterocycles. The first-order valence-corrected chi connectivity index (χ1v) is 5.60. The number of ketones is 1. The van der Waals surface area contributed by atoms with Crippen LogP contribution in [0.25, 0.3) is 0 Å². The lowest BCUT2D eigenvalue weighted by Gasteiger charge is -2.04. The number of Topliss-reactive ketones (excluding diaryl/α,β-unsaturated/α-hetero) is 1. The Hall–Kier alpha value is 0.200. The van der Waals surface area contributed by atoms with Crippen LogP contribution in [0.2, 0.25) is 5.02 Å². The molecule has 1 aromatic carbocycles. The summed E-state index contributed by atoms with van der Waals surface area (Å²) in [6.45, 7) is 1.86. The van der Waals surface area contributed by atoms with Crippen LogP contribution in [0.1, 0.15) is 15.9 Å². The molecule has 0 amide bonds. The van der Waals surface area contributed by atoms with Gasteiger partial charge in [0.1, 0.15) is 0 Å². The molecule has 1 aromatic rings. The minimum absolute atomic E-state index is 0.0110. The highest BCUT2D eigenvalue weighted by atomic mass is 127. The second-order valence-corrected chi connectivity index (χ2v) is 4.47. The van der Waals surface area contributed by atoms with Gasteiger partial charge in [0, 0.05) is 14.2 Å². The van der Waals surface area contributed by atoms with E-state index in [1.54, 1.807) is 12.1 Å². The highest BCUT2D eigenvalue weighted by Crippen LogP contribution is 2.22. The van der Waals surface area contributed by atoms with Gasteiger partial charge in [-0.15, -0.1) is 11.6 Å². The third-order valence-electron chi connectivity index (χ3n) is 1.67. The van der Waals surface area contributed by atoms with Crippen molar-refractivity contribution in [3.05, 3.63) is 31.9 Å². The largest absolute Gasteiger partial charge is 0.293 e. The normalized spacial score (nSPS) is 10.2. The summed E-state index contributed by atoms with van der Waals surface area (Å²) < 4.78 is 0.846. The van der Waals surface area contributed by atoms with Crippen LogP contribution in [0.15, 0.2) is 12.1 Å². The Balaban J connectivity index is 3.23. The van der Waals surface area contributed by atoms with Gasteiger partial charge >= 0.3 is 0 Å². The standard InChI is InChI=1S/C9H7Cl2IO/c1-5-2-6(9(13)4-10)8(12)3-7(5)11/h2-3H,4H2,1H3. The number of hydrogen-bond acceptors (Lipinski definition) is 1. The minimum Gasteiger partial charge on any atom is -0.293 e. The smallest absolute Gasteiger partial charge is 0.178 e. The number of carbonyl (C=O) groups excluding carboxylic acids is 1. The maximum Gasteiger partial charge on any atom is 0.178 e. The predicted octanol–water partition coefficient (Wildman–Crippen LogP) is 3.67. The SMILES string of the molecule is Cc1cc(C(=O)CCl)c(I)cc1Cl. The summed E-state index contributed by atoms with van der Waals surface area (Å²) in [4.78, 5) is 11.3. The van der Waals surface area contributed by atoms with Crippen molar-refractivity contribution < 1.29 is 4.79 Å². The average Bonchev–Trinajstić information content (AvgIpc) is 2.10. The van der Waals surface area contributed by atoms with Crippen LogP contribution in [0, 0.1) is 10.5 Å². The monoisotopic (exact) mass is 328 g/mol. The number of halogens is 3. The van der Waals surface area contributed by atoms with Gasteiger partial charge in [0.2, 0.25) is 0 Å². The van der Waals surface area contributed by atoms with E-state index in [1.807, 2.05) is 6.92 Å². The van der Waals surface area contributed by atoms with E-state index in [4.69, 9.17) is 23.2 Å². The Kier molecular flexibility index (Phi) is 4.01. The molecule has 1 rings (SSSR count). The van der Waals surface area contributed by atoms with Crippen LogP contribution in [0.5, 0.6) is 0 Å². The summed E-state index contributed by atoms with van der Waals surface area (Å²) in [5, 5.41) is 0.676. The zero-order chi connectivity index (χ0) is 10.0. The number of rotatable bonds is 2. The first-order chi connectivity index (χ1) is 6.06. The van der Waals surface area contributed by atoms with Crippen LogP contribution in [0.4, 0.5) is 0 Å². The fraction of sp³-hybridized carbons (Fsp3) is 0.222. The number of hydrogen-bond donors (Lipinski definition) is 0. The quantitative estimate of drug-likeness (QED) is 0.460. The van der Waals surface area contributed by atoms with E-state index in [-0.39, 0.29) is 11.7 Å². The summed E-state index contributed by atoms with van der Waals surface area (Å²) in [7, 11) is 0. The lowest BCUT2D eigenvalue weighted by molar-refractivity contribution is 0.102. The summed E-state index contributed by atoms with van der Waals surface area (Å²) in [6.07, 6.45) is 0. The minimum atomic E-state index is -0.0640. The molecule has 0 unspecified atom stereocenters. The molecule has 1 nitrogen and oxygen atoms in total. The maximum absolute atomic E-state index is 11.3. The second-order valence-electron chi connectivity index (χ2n) is 2.64. The van der Waals surface area contributed by atoms with Gasteiger partial charge in [0.15, 0.2) is 5.78 Å². The number of alkyl halides is 1. The number of aryl methyl sites for hydroxylation is 1. The third-order valence-corrected chi connectivity index (χ3v) is 3.21. The predicted molar refractivity (Wildman–Crippen MR) is 64.0 cm³/mol. The molecule has 0 atom stereocenters. The molecule has 4 heteroatoms.